The highest BCUT2D eigenvalue weighted by Gasteiger charge is 2.28. The molecule has 0 aliphatic heterocycles. The Morgan fingerprint density at radius 2 is 2.06 bits per heavy atom. The van der Waals surface area contributed by atoms with E-state index in [9.17, 15) is 0 Å². The Bertz CT molecular complexity index is 401. The van der Waals surface area contributed by atoms with Crippen molar-refractivity contribution >= 4 is 11.6 Å². The molecule has 0 aromatic carbocycles. The predicted octanol–water partition coefficient (Wildman–Crippen LogP) is 0.750. The summed E-state index contributed by atoms with van der Waals surface area (Å²) < 4.78 is 10.7. The Morgan fingerprint density at radius 1 is 1.28 bits per heavy atom. The van der Waals surface area contributed by atoms with Crippen molar-refractivity contribution in [2.75, 3.05) is 25.0 Å². The number of rotatable bonds is 5. The lowest BCUT2D eigenvalue weighted by Crippen LogP contribution is -2.30. The van der Waals surface area contributed by atoms with Gasteiger partial charge < -0.3 is 20.2 Å². The molecule has 1 aromatic rings. The average molecular weight is 253 g/mol. The smallest absolute Gasteiger partial charge is 0.205 e. The molecule has 1 heterocycles. The van der Waals surface area contributed by atoms with Crippen molar-refractivity contribution < 1.29 is 9.47 Å². The third kappa shape index (κ3) is 2.46. The zero-order chi connectivity index (χ0) is 13.0. The van der Waals surface area contributed by atoms with Crippen LogP contribution in [-0.2, 0) is 4.74 Å². The van der Waals surface area contributed by atoms with Crippen LogP contribution in [0.3, 0.4) is 0 Å². The van der Waals surface area contributed by atoms with E-state index in [2.05, 4.69) is 20.7 Å². The van der Waals surface area contributed by atoms with E-state index in [1.807, 2.05) is 0 Å². The summed E-state index contributed by atoms with van der Waals surface area (Å²) in [5.74, 6) is 6.99. The lowest BCUT2D eigenvalue weighted by Gasteiger charge is -2.21. The van der Waals surface area contributed by atoms with Crippen molar-refractivity contribution in [1.82, 2.24) is 9.97 Å². The SMILES string of the molecule is COc1c(NN)ncnc1NC1CCCC1OC. The fourth-order valence-electron chi connectivity index (χ4n) is 2.32. The Labute approximate surface area is 106 Å². The number of ether oxygens (including phenoxy) is 2. The zero-order valence-electron chi connectivity index (χ0n) is 10.6. The van der Waals surface area contributed by atoms with Gasteiger partial charge in [0.1, 0.15) is 6.33 Å². The van der Waals surface area contributed by atoms with E-state index < -0.39 is 0 Å². The molecule has 7 nitrogen and oxygen atoms in total. The normalized spacial score (nSPS) is 22.8. The van der Waals surface area contributed by atoms with Crippen LogP contribution >= 0.6 is 0 Å². The molecule has 1 aliphatic carbocycles. The van der Waals surface area contributed by atoms with Crippen molar-refractivity contribution in [2.45, 2.75) is 31.4 Å². The summed E-state index contributed by atoms with van der Waals surface area (Å²) in [6, 6.07) is 0.240. The maximum atomic E-state index is 5.44. The Hall–Kier alpha value is -1.60. The zero-order valence-corrected chi connectivity index (χ0v) is 10.6. The van der Waals surface area contributed by atoms with Crippen LogP contribution in [0.1, 0.15) is 19.3 Å². The monoisotopic (exact) mass is 253 g/mol. The van der Waals surface area contributed by atoms with Gasteiger partial charge in [0.2, 0.25) is 5.75 Å². The molecule has 100 valence electrons. The predicted molar refractivity (Wildman–Crippen MR) is 68.5 cm³/mol. The van der Waals surface area contributed by atoms with Gasteiger partial charge in [-0.05, 0) is 19.3 Å². The minimum absolute atomic E-state index is 0.207. The van der Waals surface area contributed by atoms with E-state index in [4.69, 9.17) is 15.3 Å². The standard InChI is InChI=1S/C11H19N5O2/c1-17-8-5-3-4-7(8)15-10-9(18-2)11(16-12)14-6-13-10/h6-8H,3-5,12H2,1-2H3,(H2,13,14,15,16). The quantitative estimate of drug-likeness (QED) is 0.526. The summed E-state index contributed by atoms with van der Waals surface area (Å²) in [6.45, 7) is 0. The van der Waals surface area contributed by atoms with Crippen molar-refractivity contribution in [3.05, 3.63) is 6.33 Å². The molecule has 4 N–H and O–H groups in total. The van der Waals surface area contributed by atoms with Crippen molar-refractivity contribution in [3.63, 3.8) is 0 Å². The molecular weight excluding hydrogens is 234 g/mol. The van der Waals surface area contributed by atoms with Crippen molar-refractivity contribution in [2.24, 2.45) is 5.84 Å². The first-order valence-electron chi connectivity index (χ1n) is 5.95. The average Bonchev–Trinajstić information content (AvgIpc) is 2.85. The molecule has 1 aliphatic rings. The Kier molecular flexibility index (Phi) is 4.16. The van der Waals surface area contributed by atoms with Gasteiger partial charge in [0.25, 0.3) is 0 Å². The maximum Gasteiger partial charge on any atom is 0.205 e. The molecule has 0 amide bonds. The largest absolute Gasteiger partial charge is 0.490 e. The molecule has 0 spiro atoms. The maximum absolute atomic E-state index is 5.44. The van der Waals surface area contributed by atoms with Gasteiger partial charge in [-0.15, -0.1) is 0 Å². The second-order valence-corrected chi connectivity index (χ2v) is 4.20. The van der Waals surface area contributed by atoms with Gasteiger partial charge in [-0.3, -0.25) is 0 Å². The number of nitrogens with two attached hydrogens (primary N) is 1. The third-order valence-corrected chi connectivity index (χ3v) is 3.22. The Morgan fingerprint density at radius 3 is 2.72 bits per heavy atom. The lowest BCUT2D eigenvalue weighted by molar-refractivity contribution is 0.101. The number of nitrogens with zero attached hydrogens (tertiary/aromatic N) is 2. The summed E-state index contributed by atoms with van der Waals surface area (Å²) in [4.78, 5) is 8.19. The first-order chi connectivity index (χ1) is 8.80. The summed E-state index contributed by atoms with van der Waals surface area (Å²) in [5.41, 5.74) is 2.49. The van der Waals surface area contributed by atoms with E-state index in [1.165, 1.54) is 6.33 Å². The van der Waals surface area contributed by atoms with Crippen LogP contribution in [-0.4, -0.2) is 36.3 Å². The van der Waals surface area contributed by atoms with Crippen LogP contribution in [0.4, 0.5) is 11.6 Å². The molecule has 0 bridgehead atoms. The van der Waals surface area contributed by atoms with Crippen LogP contribution in [0.5, 0.6) is 5.75 Å². The minimum Gasteiger partial charge on any atom is -0.490 e. The highest BCUT2D eigenvalue weighted by Crippen LogP contribution is 2.31. The first-order valence-corrected chi connectivity index (χ1v) is 5.95. The molecule has 1 fully saturated rings. The highest BCUT2D eigenvalue weighted by atomic mass is 16.5. The van der Waals surface area contributed by atoms with E-state index in [-0.39, 0.29) is 12.1 Å². The summed E-state index contributed by atoms with van der Waals surface area (Å²) >= 11 is 0. The minimum atomic E-state index is 0.207. The van der Waals surface area contributed by atoms with Crippen molar-refractivity contribution in [3.8, 4) is 5.75 Å². The van der Waals surface area contributed by atoms with Gasteiger partial charge in [-0.2, -0.15) is 0 Å². The van der Waals surface area contributed by atoms with Gasteiger partial charge in [-0.25, -0.2) is 15.8 Å². The first kappa shape index (κ1) is 12.8. The second-order valence-electron chi connectivity index (χ2n) is 4.20. The number of nitrogens with one attached hydrogen (secondary N) is 2. The third-order valence-electron chi connectivity index (χ3n) is 3.22. The van der Waals surface area contributed by atoms with Gasteiger partial charge in [0, 0.05) is 7.11 Å². The number of hydrogen-bond donors (Lipinski definition) is 3. The van der Waals surface area contributed by atoms with Crippen LogP contribution in [0.25, 0.3) is 0 Å². The van der Waals surface area contributed by atoms with Crippen LogP contribution < -0.4 is 21.3 Å². The summed E-state index contributed by atoms with van der Waals surface area (Å²) in [6.07, 6.45) is 4.90. The van der Waals surface area contributed by atoms with E-state index in [1.54, 1.807) is 14.2 Å². The number of hydrogen-bond acceptors (Lipinski definition) is 7. The van der Waals surface area contributed by atoms with E-state index in [0.29, 0.717) is 17.4 Å². The van der Waals surface area contributed by atoms with Gasteiger partial charge in [0.05, 0.1) is 19.3 Å². The number of hydrazine groups is 1. The molecular formula is C11H19N5O2. The highest BCUT2D eigenvalue weighted by molar-refractivity contribution is 5.63. The lowest BCUT2D eigenvalue weighted by atomic mass is 10.2. The molecule has 1 aromatic heterocycles. The fourth-order valence-corrected chi connectivity index (χ4v) is 2.32. The molecule has 0 saturated heterocycles. The Balaban J connectivity index is 2.18. The molecule has 2 rings (SSSR count). The molecule has 7 heteroatoms. The molecule has 18 heavy (non-hydrogen) atoms. The molecule has 2 atom stereocenters. The number of methoxy groups -OCH3 is 2. The van der Waals surface area contributed by atoms with Crippen LogP contribution in [0, 0.1) is 0 Å². The number of aromatic nitrogens is 2. The fraction of sp³-hybridized carbons (Fsp3) is 0.636. The van der Waals surface area contributed by atoms with E-state index >= 15 is 0 Å². The van der Waals surface area contributed by atoms with Gasteiger partial charge in [0.15, 0.2) is 11.6 Å². The second kappa shape index (κ2) is 5.83. The van der Waals surface area contributed by atoms with Gasteiger partial charge >= 0.3 is 0 Å². The topological polar surface area (TPSA) is 94.3 Å². The summed E-state index contributed by atoms with van der Waals surface area (Å²) in [5, 5.41) is 3.34. The van der Waals surface area contributed by atoms with Crippen LogP contribution in [0.15, 0.2) is 6.33 Å². The number of anilines is 2. The van der Waals surface area contributed by atoms with Gasteiger partial charge in [-0.1, -0.05) is 0 Å². The van der Waals surface area contributed by atoms with Crippen LogP contribution in [0.2, 0.25) is 0 Å². The molecule has 0 radical (unpaired) electrons. The number of nitrogen functional groups attached to an aromatic ring is 1. The van der Waals surface area contributed by atoms with Crippen molar-refractivity contribution in [1.29, 1.82) is 0 Å². The molecule has 2 unspecified atom stereocenters. The molecule has 1 saturated carbocycles. The van der Waals surface area contributed by atoms with E-state index in [0.717, 1.165) is 19.3 Å². The summed E-state index contributed by atoms with van der Waals surface area (Å²) in [7, 11) is 3.29.